The predicted octanol–water partition coefficient (Wildman–Crippen LogP) is 4.36. The lowest BCUT2D eigenvalue weighted by Crippen LogP contribution is -2.48. The molecule has 3 heterocycles. The van der Waals surface area contributed by atoms with Crippen LogP contribution in [0, 0.1) is 17.8 Å². The summed E-state index contributed by atoms with van der Waals surface area (Å²) in [6, 6.07) is 16.1. The van der Waals surface area contributed by atoms with E-state index in [1.54, 1.807) is 0 Å². The second-order valence-electron chi connectivity index (χ2n) is 9.45. The highest BCUT2D eigenvalue weighted by Crippen LogP contribution is 2.35. The van der Waals surface area contributed by atoms with Gasteiger partial charge in [0.15, 0.2) is 0 Å². The van der Waals surface area contributed by atoms with Crippen LogP contribution in [0.25, 0.3) is 11.1 Å². The van der Waals surface area contributed by atoms with Crippen molar-refractivity contribution >= 4 is 17.5 Å². The van der Waals surface area contributed by atoms with Gasteiger partial charge in [-0.05, 0) is 60.8 Å². The van der Waals surface area contributed by atoms with Crippen molar-refractivity contribution < 1.29 is 19.1 Å². The van der Waals surface area contributed by atoms with E-state index in [-0.39, 0.29) is 29.6 Å². The van der Waals surface area contributed by atoms with E-state index in [0.29, 0.717) is 32.0 Å². The molecule has 2 aromatic rings. The van der Waals surface area contributed by atoms with Crippen LogP contribution in [0.2, 0.25) is 0 Å². The lowest BCUT2D eigenvalue weighted by Gasteiger charge is -2.40. The van der Waals surface area contributed by atoms with Crippen molar-refractivity contribution in [1.29, 1.82) is 0 Å². The summed E-state index contributed by atoms with van der Waals surface area (Å²) in [6.07, 6.45) is 3.83. The molecule has 6 nitrogen and oxygen atoms in total. The van der Waals surface area contributed by atoms with E-state index in [0.717, 1.165) is 55.6 Å². The Bertz CT molecular complexity index is 987. The average Bonchev–Trinajstić information content (AvgIpc) is 2.86. The second kappa shape index (κ2) is 9.96. The monoisotopic (exact) mass is 448 g/mol. The van der Waals surface area contributed by atoms with Crippen molar-refractivity contribution in [3.63, 3.8) is 0 Å². The second-order valence-corrected chi connectivity index (χ2v) is 9.45. The fourth-order valence-corrected chi connectivity index (χ4v) is 5.40. The normalized spacial score (nSPS) is 24.1. The number of carbonyl (C=O) groups excluding carboxylic acids is 2. The van der Waals surface area contributed by atoms with Gasteiger partial charge in [-0.3, -0.25) is 9.59 Å². The van der Waals surface area contributed by atoms with E-state index in [1.165, 1.54) is 0 Å². The van der Waals surface area contributed by atoms with Crippen LogP contribution in [0.3, 0.4) is 0 Å². The minimum absolute atomic E-state index is 0.0196. The zero-order valence-corrected chi connectivity index (χ0v) is 19.0. The van der Waals surface area contributed by atoms with Crippen molar-refractivity contribution in [3.05, 3.63) is 48.5 Å². The van der Waals surface area contributed by atoms with Gasteiger partial charge in [0, 0.05) is 38.6 Å². The molecular formula is C27H32N2O4. The number of hydrogen-bond donors (Lipinski definition) is 1. The maximum absolute atomic E-state index is 13.0. The molecule has 6 heteroatoms. The molecular weight excluding hydrogens is 416 g/mol. The lowest BCUT2D eigenvalue weighted by molar-refractivity contribution is -0.141. The van der Waals surface area contributed by atoms with Crippen molar-refractivity contribution in [1.82, 2.24) is 4.90 Å². The Balaban J connectivity index is 1.29. The first-order valence-corrected chi connectivity index (χ1v) is 12.2. The van der Waals surface area contributed by atoms with E-state index in [2.05, 4.69) is 17.4 Å². The number of amides is 2. The maximum atomic E-state index is 13.0. The number of nitrogens with one attached hydrogen (secondary N) is 1. The van der Waals surface area contributed by atoms with Gasteiger partial charge in [0.05, 0.1) is 12.3 Å². The third-order valence-electron chi connectivity index (χ3n) is 7.33. The van der Waals surface area contributed by atoms with E-state index in [1.807, 2.05) is 41.3 Å². The summed E-state index contributed by atoms with van der Waals surface area (Å²) in [6.45, 7) is 3.39. The van der Waals surface area contributed by atoms with Gasteiger partial charge in [-0.2, -0.15) is 0 Å². The molecule has 0 aromatic heterocycles. The quantitative estimate of drug-likeness (QED) is 0.742. The van der Waals surface area contributed by atoms with Crippen LogP contribution in [0.4, 0.5) is 5.69 Å². The van der Waals surface area contributed by atoms with Crippen molar-refractivity contribution in [2.45, 2.75) is 32.1 Å². The Morgan fingerprint density at radius 2 is 1.73 bits per heavy atom. The van der Waals surface area contributed by atoms with E-state index in [9.17, 15) is 9.59 Å². The summed E-state index contributed by atoms with van der Waals surface area (Å²) in [4.78, 5) is 28.0. The molecule has 2 saturated heterocycles. The van der Waals surface area contributed by atoms with Gasteiger partial charge in [0.2, 0.25) is 11.8 Å². The Morgan fingerprint density at radius 3 is 2.55 bits per heavy atom. The number of nitrogens with zero attached hydrogens (tertiary/aromatic N) is 1. The molecule has 0 bridgehead atoms. The largest absolute Gasteiger partial charge is 0.491 e. The molecule has 2 aromatic carbocycles. The third kappa shape index (κ3) is 5.06. The summed E-state index contributed by atoms with van der Waals surface area (Å²) < 4.78 is 11.6. The molecule has 2 atom stereocenters. The highest BCUT2D eigenvalue weighted by atomic mass is 16.5. The van der Waals surface area contributed by atoms with Crippen molar-refractivity contribution in [3.8, 4) is 16.9 Å². The van der Waals surface area contributed by atoms with E-state index < -0.39 is 0 Å². The lowest BCUT2D eigenvalue weighted by atomic mass is 9.80. The third-order valence-corrected chi connectivity index (χ3v) is 7.33. The standard InChI is InChI=1S/C27H32N2O4/c30-26-17-22-8-12-29(27(31)20-9-13-32-14-10-20)18-23(22)11-15-33-25-7-6-21(16-24(25)28-26)19-4-2-1-3-5-19/h1-7,16,20,22-23H,8-15,17-18H2,(H,28,30)/t22-,23-/m0/s1. The fraction of sp³-hybridized carbons (Fsp3) is 0.481. The number of anilines is 1. The zero-order valence-electron chi connectivity index (χ0n) is 19.0. The van der Waals surface area contributed by atoms with Crippen LogP contribution >= 0.6 is 0 Å². The van der Waals surface area contributed by atoms with Crippen molar-refractivity contribution in [2.75, 3.05) is 38.2 Å². The molecule has 1 N–H and O–H groups in total. The number of benzene rings is 2. The van der Waals surface area contributed by atoms with Crippen LogP contribution in [-0.4, -0.2) is 49.6 Å². The number of rotatable bonds is 2. The Morgan fingerprint density at radius 1 is 0.909 bits per heavy atom. The van der Waals surface area contributed by atoms with Gasteiger partial charge in [0.1, 0.15) is 5.75 Å². The van der Waals surface area contributed by atoms with Gasteiger partial charge in [0.25, 0.3) is 0 Å². The SMILES string of the molecule is O=C1C[C@@H]2CCN(C(=O)C3CCOCC3)C[C@@H]2CCOc2ccc(-c3ccccc3)cc2N1. The molecule has 0 unspecified atom stereocenters. The van der Waals surface area contributed by atoms with Gasteiger partial charge in [-0.15, -0.1) is 0 Å². The maximum Gasteiger partial charge on any atom is 0.225 e. The molecule has 33 heavy (non-hydrogen) atoms. The zero-order chi connectivity index (χ0) is 22.6. The van der Waals surface area contributed by atoms with Crippen LogP contribution < -0.4 is 10.1 Å². The molecule has 174 valence electrons. The summed E-state index contributed by atoms with van der Waals surface area (Å²) in [5, 5.41) is 3.10. The molecule has 5 rings (SSSR count). The summed E-state index contributed by atoms with van der Waals surface area (Å²) in [7, 11) is 0. The molecule has 3 aliphatic rings. The molecule has 0 radical (unpaired) electrons. The molecule has 2 fully saturated rings. The highest BCUT2D eigenvalue weighted by molar-refractivity contribution is 5.93. The fourth-order valence-electron chi connectivity index (χ4n) is 5.40. The predicted molar refractivity (Wildman–Crippen MR) is 127 cm³/mol. The average molecular weight is 449 g/mol. The first-order valence-electron chi connectivity index (χ1n) is 12.2. The first kappa shape index (κ1) is 22.0. The van der Waals surface area contributed by atoms with Gasteiger partial charge < -0.3 is 19.7 Å². The molecule has 0 saturated carbocycles. The summed E-state index contributed by atoms with van der Waals surface area (Å²) in [5.41, 5.74) is 2.88. The summed E-state index contributed by atoms with van der Waals surface area (Å²) >= 11 is 0. The molecule has 3 aliphatic heterocycles. The van der Waals surface area contributed by atoms with Gasteiger partial charge in [-0.25, -0.2) is 0 Å². The highest BCUT2D eigenvalue weighted by Gasteiger charge is 2.35. The Labute approximate surface area is 195 Å². The number of carbonyl (C=O) groups is 2. The molecule has 0 spiro atoms. The molecule has 2 amide bonds. The number of ether oxygens (including phenoxy) is 2. The van der Waals surface area contributed by atoms with Gasteiger partial charge in [-0.1, -0.05) is 36.4 Å². The topological polar surface area (TPSA) is 67.9 Å². The summed E-state index contributed by atoms with van der Waals surface area (Å²) in [5.74, 6) is 1.61. The van der Waals surface area contributed by atoms with Crippen LogP contribution in [0.5, 0.6) is 5.75 Å². The minimum atomic E-state index is 0.0196. The Kier molecular flexibility index (Phi) is 6.63. The first-order chi connectivity index (χ1) is 16.2. The number of hydrogen-bond acceptors (Lipinski definition) is 4. The van der Waals surface area contributed by atoms with Crippen LogP contribution in [0.1, 0.15) is 32.1 Å². The van der Waals surface area contributed by atoms with Crippen LogP contribution in [0.15, 0.2) is 48.5 Å². The Hall–Kier alpha value is -2.86. The number of piperidine rings is 1. The van der Waals surface area contributed by atoms with E-state index in [4.69, 9.17) is 9.47 Å². The van der Waals surface area contributed by atoms with Gasteiger partial charge >= 0.3 is 0 Å². The van der Waals surface area contributed by atoms with Crippen molar-refractivity contribution in [2.24, 2.45) is 17.8 Å². The van der Waals surface area contributed by atoms with E-state index >= 15 is 0 Å². The van der Waals surface area contributed by atoms with Crippen LogP contribution in [-0.2, 0) is 14.3 Å². The molecule has 0 aliphatic carbocycles. The minimum Gasteiger partial charge on any atom is -0.491 e. The number of likely N-dealkylation sites (tertiary alicyclic amines) is 1. The smallest absolute Gasteiger partial charge is 0.225 e. The number of fused-ring (bicyclic) bond motifs is 2.